The van der Waals surface area contributed by atoms with Crippen LogP contribution >= 0.6 is 34.4 Å². The van der Waals surface area contributed by atoms with E-state index >= 15 is 0 Å². The van der Waals surface area contributed by atoms with Gasteiger partial charge < -0.3 is 10.1 Å². The second kappa shape index (κ2) is 8.81. The van der Waals surface area contributed by atoms with Crippen LogP contribution in [0.15, 0.2) is 28.9 Å². The number of anilines is 1. The predicted molar refractivity (Wildman–Crippen MR) is 111 cm³/mol. The summed E-state index contributed by atoms with van der Waals surface area (Å²) in [6.07, 6.45) is 1.51. The van der Waals surface area contributed by atoms with Gasteiger partial charge in [-0.05, 0) is 30.4 Å². The van der Waals surface area contributed by atoms with Crippen molar-refractivity contribution in [3.8, 4) is 0 Å². The molecule has 0 aliphatic heterocycles. The number of carbonyl (C=O) groups is 2. The van der Waals surface area contributed by atoms with Crippen LogP contribution in [0.25, 0.3) is 10.2 Å². The maximum Gasteiger partial charge on any atom is 0.341 e. The standard InChI is InChI=1S/C18H19N3O3S3/c1-4-24-18(23)12-7-13(10(2)3)27-17(12)21-14(22)8-26-16-11-5-6-25-15(11)19-9-20-16/h5-7,9-10H,4,8H2,1-3H3,(H,21,22). The third-order valence-corrected chi connectivity index (χ3v) is 6.81. The molecule has 0 fully saturated rings. The fraction of sp³-hybridized carbons (Fsp3) is 0.333. The molecule has 0 aliphatic rings. The summed E-state index contributed by atoms with van der Waals surface area (Å²) in [5.74, 6) is -0.153. The van der Waals surface area contributed by atoms with E-state index in [9.17, 15) is 9.59 Å². The number of fused-ring (bicyclic) bond motifs is 1. The number of carbonyl (C=O) groups excluding carboxylic acids is 2. The van der Waals surface area contributed by atoms with Crippen molar-refractivity contribution < 1.29 is 14.3 Å². The summed E-state index contributed by atoms with van der Waals surface area (Å²) >= 11 is 4.30. The second-order valence-electron chi connectivity index (χ2n) is 5.92. The normalized spacial score (nSPS) is 11.1. The molecule has 3 aromatic heterocycles. The van der Waals surface area contributed by atoms with E-state index in [1.54, 1.807) is 13.0 Å². The smallest absolute Gasteiger partial charge is 0.341 e. The largest absolute Gasteiger partial charge is 0.462 e. The highest BCUT2D eigenvalue weighted by molar-refractivity contribution is 8.00. The maximum absolute atomic E-state index is 12.5. The van der Waals surface area contributed by atoms with Crippen LogP contribution in [0.1, 0.15) is 41.9 Å². The highest BCUT2D eigenvalue weighted by atomic mass is 32.2. The Balaban J connectivity index is 1.71. The van der Waals surface area contributed by atoms with Gasteiger partial charge in [0.2, 0.25) is 5.91 Å². The predicted octanol–water partition coefficient (Wildman–Crippen LogP) is 4.78. The second-order valence-corrected chi connectivity index (χ2v) is 8.86. The molecule has 0 aromatic carbocycles. The number of ether oxygens (including phenoxy) is 1. The number of esters is 1. The highest BCUT2D eigenvalue weighted by Gasteiger charge is 2.20. The van der Waals surface area contributed by atoms with E-state index in [2.05, 4.69) is 15.3 Å². The van der Waals surface area contributed by atoms with Crippen molar-refractivity contribution in [2.75, 3.05) is 17.7 Å². The lowest BCUT2D eigenvalue weighted by Gasteiger charge is -2.06. The molecular formula is C18H19N3O3S3. The number of rotatable bonds is 7. The third kappa shape index (κ3) is 4.66. The van der Waals surface area contributed by atoms with Gasteiger partial charge in [-0.15, -0.1) is 22.7 Å². The molecule has 0 saturated carbocycles. The fourth-order valence-electron chi connectivity index (χ4n) is 2.33. The Kier molecular flexibility index (Phi) is 6.46. The average Bonchev–Trinajstić information content (AvgIpc) is 3.27. The molecule has 0 aliphatic carbocycles. The molecule has 1 N–H and O–H groups in total. The number of amides is 1. The first-order chi connectivity index (χ1) is 13.0. The minimum absolute atomic E-state index is 0.190. The van der Waals surface area contributed by atoms with Crippen LogP contribution in [-0.2, 0) is 9.53 Å². The summed E-state index contributed by atoms with van der Waals surface area (Å²) in [7, 11) is 0. The Morgan fingerprint density at radius 2 is 2.15 bits per heavy atom. The zero-order valence-corrected chi connectivity index (χ0v) is 17.6. The van der Waals surface area contributed by atoms with E-state index < -0.39 is 5.97 Å². The molecule has 3 rings (SSSR count). The van der Waals surface area contributed by atoms with Gasteiger partial charge in [0.1, 0.15) is 21.2 Å². The van der Waals surface area contributed by atoms with E-state index in [1.807, 2.05) is 25.3 Å². The highest BCUT2D eigenvalue weighted by Crippen LogP contribution is 2.34. The van der Waals surface area contributed by atoms with Crippen molar-refractivity contribution >= 4 is 61.5 Å². The molecule has 0 radical (unpaired) electrons. The fourth-order valence-corrected chi connectivity index (χ4v) is 4.97. The Labute approximate surface area is 169 Å². The molecule has 0 unspecified atom stereocenters. The van der Waals surface area contributed by atoms with Gasteiger partial charge >= 0.3 is 5.97 Å². The Hall–Kier alpha value is -1.97. The summed E-state index contributed by atoms with van der Waals surface area (Å²) < 4.78 is 5.11. The number of hydrogen-bond donors (Lipinski definition) is 1. The number of thiophene rings is 2. The zero-order chi connectivity index (χ0) is 19.4. The summed E-state index contributed by atoms with van der Waals surface area (Å²) in [4.78, 5) is 35.0. The molecule has 142 valence electrons. The SMILES string of the molecule is CCOC(=O)c1cc(C(C)C)sc1NC(=O)CSc1ncnc2sccc12. The van der Waals surface area contributed by atoms with E-state index in [-0.39, 0.29) is 17.6 Å². The van der Waals surface area contributed by atoms with Crippen molar-refractivity contribution in [3.05, 3.63) is 34.3 Å². The van der Waals surface area contributed by atoms with Crippen LogP contribution in [0.2, 0.25) is 0 Å². The number of aromatic nitrogens is 2. The Bertz CT molecular complexity index is 965. The van der Waals surface area contributed by atoms with Crippen LogP contribution in [0.4, 0.5) is 5.00 Å². The number of hydrogen-bond acceptors (Lipinski definition) is 8. The molecule has 1 amide bonds. The van der Waals surface area contributed by atoms with E-state index in [1.165, 1.54) is 40.8 Å². The first kappa shape index (κ1) is 19.8. The topological polar surface area (TPSA) is 81.2 Å². The molecule has 3 aromatic rings. The lowest BCUT2D eigenvalue weighted by atomic mass is 10.1. The van der Waals surface area contributed by atoms with Crippen molar-refractivity contribution in [1.82, 2.24) is 9.97 Å². The summed E-state index contributed by atoms with van der Waals surface area (Å²) in [5, 5.41) is 7.06. The van der Waals surface area contributed by atoms with Crippen LogP contribution in [0.3, 0.4) is 0 Å². The Morgan fingerprint density at radius 3 is 2.89 bits per heavy atom. The van der Waals surface area contributed by atoms with Crippen molar-refractivity contribution in [3.63, 3.8) is 0 Å². The van der Waals surface area contributed by atoms with Gasteiger partial charge in [0.25, 0.3) is 0 Å². The first-order valence-electron chi connectivity index (χ1n) is 8.41. The zero-order valence-electron chi connectivity index (χ0n) is 15.1. The van der Waals surface area contributed by atoms with Gasteiger partial charge in [-0.1, -0.05) is 25.6 Å². The minimum Gasteiger partial charge on any atom is -0.462 e. The summed E-state index contributed by atoms with van der Waals surface area (Å²) in [6, 6.07) is 3.75. The average molecular weight is 422 g/mol. The van der Waals surface area contributed by atoms with Gasteiger partial charge in [0.05, 0.1) is 17.9 Å². The van der Waals surface area contributed by atoms with Crippen LogP contribution in [-0.4, -0.2) is 34.2 Å². The quantitative estimate of drug-likeness (QED) is 0.336. The minimum atomic E-state index is -0.417. The van der Waals surface area contributed by atoms with Crippen molar-refractivity contribution in [2.45, 2.75) is 31.7 Å². The lowest BCUT2D eigenvalue weighted by molar-refractivity contribution is -0.113. The third-order valence-electron chi connectivity index (χ3n) is 3.63. The van der Waals surface area contributed by atoms with Gasteiger partial charge in [0.15, 0.2) is 0 Å². The lowest BCUT2D eigenvalue weighted by Crippen LogP contribution is -2.16. The molecule has 0 saturated heterocycles. The van der Waals surface area contributed by atoms with E-state index in [0.717, 1.165) is 20.1 Å². The molecular weight excluding hydrogens is 402 g/mol. The van der Waals surface area contributed by atoms with Gasteiger partial charge in [-0.2, -0.15) is 0 Å². The monoisotopic (exact) mass is 421 g/mol. The van der Waals surface area contributed by atoms with Gasteiger partial charge in [-0.3, -0.25) is 4.79 Å². The molecule has 6 nitrogen and oxygen atoms in total. The van der Waals surface area contributed by atoms with E-state index in [4.69, 9.17) is 4.74 Å². The first-order valence-corrected chi connectivity index (χ1v) is 11.1. The van der Waals surface area contributed by atoms with Gasteiger partial charge in [-0.25, -0.2) is 14.8 Å². The molecule has 27 heavy (non-hydrogen) atoms. The number of nitrogens with zero attached hydrogens (tertiary/aromatic N) is 2. The maximum atomic E-state index is 12.5. The summed E-state index contributed by atoms with van der Waals surface area (Å²) in [6.45, 7) is 6.14. The molecule has 0 atom stereocenters. The van der Waals surface area contributed by atoms with Crippen molar-refractivity contribution in [2.24, 2.45) is 0 Å². The van der Waals surface area contributed by atoms with Crippen molar-refractivity contribution in [1.29, 1.82) is 0 Å². The number of nitrogens with one attached hydrogen (secondary N) is 1. The molecule has 9 heteroatoms. The molecule has 0 bridgehead atoms. The number of thioether (sulfide) groups is 1. The van der Waals surface area contributed by atoms with E-state index in [0.29, 0.717) is 17.2 Å². The van der Waals surface area contributed by atoms with Crippen LogP contribution in [0, 0.1) is 0 Å². The van der Waals surface area contributed by atoms with Crippen LogP contribution in [0.5, 0.6) is 0 Å². The van der Waals surface area contributed by atoms with Gasteiger partial charge in [0, 0.05) is 10.3 Å². The Morgan fingerprint density at radius 1 is 1.33 bits per heavy atom. The molecule has 0 spiro atoms. The molecule has 3 heterocycles. The van der Waals surface area contributed by atoms with Crippen LogP contribution < -0.4 is 5.32 Å². The summed E-state index contributed by atoms with van der Waals surface area (Å²) in [5.41, 5.74) is 0.408.